The quantitative estimate of drug-likeness (QED) is 0.451. The highest BCUT2D eigenvalue weighted by Gasteiger charge is 2.25. The first kappa shape index (κ1) is 25.8. The number of ether oxygens (including phenoxy) is 1. The van der Waals surface area contributed by atoms with Crippen LogP contribution in [0.1, 0.15) is 15.9 Å². The molecule has 1 aliphatic rings. The number of benzene rings is 3. The molecule has 0 N–H and O–H groups in total. The monoisotopic (exact) mass is 531 g/mol. The molecule has 0 aromatic heterocycles. The molecule has 10 heteroatoms. The summed E-state index contributed by atoms with van der Waals surface area (Å²) in [7, 11) is -2.21. The van der Waals surface area contributed by atoms with Crippen molar-refractivity contribution in [3.63, 3.8) is 0 Å². The number of carbonyl (C=O) groups excluding carboxylic acids is 1. The molecule has 36 heavy (non-hydrogen) atoms. The molecular weight excluding hydrogens is 505 g/mol. The summed E-state index contributed by atoms with van der Waals surface area (Å²) in [5.74, 6) is -0.154. The number of piperazine rings is 1. The SMILES string of the molecule is COc1ccc(C(=O)N2CCN(c3cccc(Cl)c3)CC2)cc1CN(c1ccc(F)cc1)S(C)(=O)=O. The van der Waals surface area contributed by atoms with E-state index in [0.717, 1.165) is 16.2 Å². The zero-order valence-corrected chi connectivity index (χ0v) is 21.6. The van der Waals surface area contributed by atoms with Crippen molar-refractivity contribution in [2.45, 2.75) is 6.54 Å². The Hall–Kier alpha value is -3.30. The van der Waals surface area contributed by atoms with Gasteiger partial charge in [-0.3, -0.25) is 9.10 Å². The number of halogens is 2. The van der Waals surface area contributed by atoms with E-state index in [4.69, 9.17) is 16.3 Å². The van der Waals surface area contributed by atoms with Crippen LogP contribution in [0.15, 0.2) is 66.7 Å². The van der Waals surface area contributed by atoms with Crippen LogP contribution >= 0.6 is 11.6 Å². The predicted molar refractivity (Wildman–Crippen MR) is 140 cm³/mol. The van der Waals surface area contributed by atoms with Crippen LogP contribution in [0.4, 0.5) is 15.8 Å². The van der Waals surface area contributed by atoms with E-state index in [9.17, 15) is 17.6 Å². The number of sulfonamides is 1. The van der Waals surface area contributed by atoms with Gasteiger partial charge in [-0.2, -0.15) is 0 Å². The van der Waals surface area contributed by atoms with Crippen LogP contribution in [0, 0.1) is 5.82 Å². The second-order valence-electron chi connectivity index (χ2n) is 8.53. The zero-order chi connectivity index (χ0) is 25.9. The van der Waals surface area contributed by atoms with E-state index in [2.05, 4.69) is 4.90 Å². The maximum atomic E-state index is 13.4. The normalized spacial score (nSPS) is 14.0. The Morgan fingerprint density at radius 1 is 1.03 bits per heavy atom. The molecule has 0 aliphatic carbocycles. The first-order chi connectivity index (χ1) is 17.2. The summed E-state index contributed by atoms with van der Waals surface area (Å²) in [6, 6.07) is 17.8. The van der Waals surface area contributed by atoms with Crippen LogP contribution in [0.25, 0.3) is 0 Å². The van der Waals surface area contributed by atoms with Gasteiger partial charge in [0, 0.05) is 48.0 Å². The molecule has 0 radical (unpaired) electrons. The minimum absolute atomic E-state index is 0.0721. The highest BCUT2D eigenvalue weighted by atomic mass is 35.5. The fraction of sp³-hybridized carbons (Fsp3) is 0.269. The van der Waals surface area contributed by atoms with E-state index >= 15 is 0 Å². The number of anilines is 2. The minimum atomic E-state index is -3.70. The Morgan fingerprint density at radius 2 is 1.72 bits per heavy atom. The summed E-state index contributed by atoms with van der Waals surface area (Å²) >= 11 is 6.11. The van der Waals surface area contributed by atoms with Crippen LogP contribution in [-0.4, -0.2) is 58.8 Å². The maximum Gasteiger partial charge on any atom is 0.253 e. The second-order valence-corrected chi connectivity index (χ2v) is 10.9. The summed E-state index contributed by atoms with van der Waals surface area (Å²) in [4.78, 5) is 17.3. The summed E-state index contributed by atoms with van der Waals surface area (Å²) < 4.78 is 45.1. The Balaban J connectivity index is 1.53. The molecule has 0 spiro atoms. The minimum Gasteiger partial charge on any atom is -0.496 e. The third-order valence-electron chi connectivity index (χ3n) is 6.10. The lowest BCUT2D eigenvalue weighted by Crippen LogP contribution is -2.48. The van der Waals surface area contributed by atoms with Crippen LogP contribution in [0.5, 0.6) is 5.75 Å². The number of methoxy groups -OCH3 is 1. The summed E-state index contributed by atoms with van der Waals surface area (Å²) in [6.07, 6.45) is 1.08. The van der Waals surface area contributed by atoms with Crippen LogP contribution in [-0.2, 0) is 16.6 Å². The van der Waals surface area contributed by atoms with Gasteiger partial charge >= 0.3 is 0 Å². The molecule has 190 valence electrons. The lowest BCUT2D eigenvalue weighted by Gasteiger charge is -2.36. The zero-order valence-electron chi connectivity index (χ0n) is 20.0. The van der Waals surface area contributed by atoms with E-state index in [0.29, 0.717) is 53.8 Å². The Bertz CT molecular complexity index is 1340. The third-order valence-corrected chi connectivity index (χ3v) is 7.47. The fourth-order valence-electron chi connectivity index (χ4n) is 4.22. The van der Waals surface area contributed by atoms with Gasteiger partial charge in [-0.15, -0.1) is 0 Å². The van der Waals surface area contributed by atoms with Crippen molar-refractivity contribution in [2.75, 3.05) is 48.7 Å². The van der Waals surface area contributed by atoms with E-state index in [1.165, 1.54) is 31.4 Å². The molecule has 1 aliphatic heterocycles. The van der Waals surface area contributed by atoms with Crippen LogP contribution in [0.2, 0.25) is 5.02 Å². The molecule has 0 unspecified atom stereocenters. The molecule has 3 aromatic carbocycles. The van der Waals surface area contributed by atoms with Crippen molar-refractivity contribution in [2.24, 2.45) is 0 Å². The number of amides is 1. The van der Waals surface area contributed by atoms with Gasteiger partial charge in [0.15, 0.2) is 0 Å². The fourth-order valence-corrected chi connectivity index (χ4v) is 5.28. The Labute approximate surface area is 215 Å². The van der Waals surface area contributed by atoms with Crippen LogP contribution < -0.4 is 13.9 Å². The second kappa shape index (κ2) is 10.8. The Kier molecular flexibility index (Phi) is 7.70. The molecule has 7 nitrogen and oxygen atoms in total. The molecule has 0 saturated carbocycles. The highest BCUT2D eigenvalue weighted by Crippen LogP contribution is 2.28. The van der Waals surface area contributed by atoms with E-state index in [1.54, 1.807) is 23.1 Å². The van der Waals surface area contributed by atoms with Gasteiger partial charge in [-0.05, 0) is 60.7 Å². The molecule has 3 aromatic rings. The average Bonchev–Trinajstić information content (AvgIpc) is 2.87. The number of hydrogen-bond acceptors (Lipinski definition) is 5. The Morgan fingerprint density at radius 3 is 2.33 bits per heavy atom. The van der Waals surface area contributed by atoms with Gasteiger partial charge in [-0.1, -0.05) is 17.7 Å². The van der Waals surface area contributed by atoms with Crippen molar-refractivity contribution in [3.8, 4) is 5.75 Å². The predicted octanol–water partition coefficient (Wildman–Crippen LogP) is 4.42. The van der Waals surface area contributed by atoms with Gasteiger partial charge in [0.2, 0.25) is 10.0 Å². The molecule has 0 bridgehead atoms. The van der Waals surface area contributed by atoms with Crippen LogP contribution in [0.3, 0.4) is 0 Å². The smallest absolute Gasteiger partial charge is 0.253 e. The molecule has 1 heterocycles. The van der Waals surface area contributed by atoms with Crippen molar-refractivity contribution < 1.29 is 22.3 Å². The number of hydrogen-bond donors (Lipinski definition) is 0. The third kappa shape index (κ3) is 5.91. The largest absolute Gasteiger partial charge is 0.496 e. The maximum absolute atomic E-state index is 13.4. The van der Waals surface area contributed by atoms with E-state index in [-0.39, 0.29) is 12.5 Å². The first-order valence-corrected chi connectivity index (χ1v) is 13.6. The highest BCUT2D eigenvalue weighted by molar-refractivity contribution is 7.92. The lowest BCUT2D eigenvalue weighted by atomic mass is 10.1. The van der Waals surface area contributed by atoms with Gasteiger partial charge in [0.05, 0.1) is 25.6 Å². The number of carbonyl (C=O) groups is 1. The van der Waals surface area contributed by atoms with Gasteiger partial charge in [-0.25, -0.2) is 12.8 Å². The number of nitrogens with zero attached hydrogens (tertiary/aromatic N) is 3. The van der Waals surface area contributed by atoms with Crippen molar-refractivity contribution >= 4 is 38.9 Å². The summed E-state index contributed by atoms with van der Waals surface area (Å²) in [6.45, 7) is 2.34. The standard InChI is InChI=1S/C26H27ClFN3O4S/c1-35-25-11-6-19(16-20(25)18-31(36(2,33)34)23-9-7-22(28)8-10-23)26(32)30-14-12-29(13-15-30)24-5-3-4-21(27)17-24/h3-11,16-17H,12-15,18H2,1-2H3. The first-order valence-electron chi connectivity index (χ1n) is 11.4. The molecule has 4 rings (SSSR count). The summed E-state index contributed by atoms with van der Waals surface area (Å²) in [5, 5.41) is 0.667. The number of rotatable bonds is 7. The van der Waals surface area contributed by atoms with Gasteiger partial charge in [0.25, 0.3) is 5.91 Å². The average molecular weight is 532 g/mol. The van der Waals surface area contributed by atoms with E-state index < -0.39 is 15.8 Å². The molecule has 1 fully saturated rings. The van der Waals surface area contributed by atoms with Gasteiger partial charge < -0.3 is 14.5 Å². The van der Waals surface area contributed by atoms with Crippen molar-refractivity contribution in [1.82, 2.24) is 4.90 Å². The van der Waals surface area contributed by atoms with Crippen molar-refractivity contribution in [3.05, 3.63) is 88.7 Å². The molecule has 0 atom stereocenters. The van der Waals surface area contributed by atoms with Gasteiger partial charge in [0.1, 0.15) is 11.6 Å². The summed E-state index contributed by atoms with van der Waals surface area (Å²) in [5.41, 5.74) is 2.29. The topological polar surface area (TPSA) is 70.2 Å². The van der Waals surface area contributed by atoms with Crippen molar-refractivity contribution in [1.29, 1.82) is 0 Å². The lowest BCUT2D eigenvalue weighted by molar-refractivity contribution is 0.0746. The molecular formula is C26H27ClFN3O4S. The van der Waals surface area contributed by atoms with E-state index in [1.807, 2.05) is 24.3 Å². The molecule has 1 amide bonds. The molecule has 1 saturated heterocycles.